The van der Waals surface area contributed by atoms with Gasteiger partial charge in [0.25, 0.3) is 0 Å². The minimum absolute atomic E-state index is 0.00825. The van der Waals surface area contributed by atoms with Crippen molar-refractivity contribution in [3.05, 3.63) is 58.6 Å². The molecule has 0 aromatic heterocycles. The average molecular weight is 594 g/mol. The maximum atomic E-state index is 13.1. The van der Waals surface area contributed by atoms with Crippen LogP contribution in [0.15, 0.2) is 42.5 Å². The molecule has 1 amide bonds. The fourth-order valence-corrected chi connectivity index (χ4v) is 5.02. The van der Waals surface area contributed by atoms with Gasteiger partial charge in [-0.1, -0.05) is 25.4 Å². The summed E-state index contributed by atoms with van der Waals surface area (Å²) in [4.78, 5) is 16.3. The number of nitrogens with one attached hydrogen (secondary N) is 1. The molecule has 40 heavy (non-hydrogen) atoms. The number of piperazine rings is 1. The summed E-state index contributed by atoms with van der Waals surface area (Å²) in [6.07, 6.45) is -6.29. The van der Waals surface area contributed by atoms with Gasteiger partial charge in [0, 0.05) is 43.6 Å². The van der Waals surface area contributed by atoms with E-state index in [9.17, 15) is 31.1 Å². The van der Waals surface area contributed by atoms with Crippen molar-refractivity contribution < 1.29 is 35.9 Å². The number of alkyl halides is 6. The normalized spacial score (nSPS) is 20.0. The van der Waals surface area contributed by atoms with Gasteiger partial charge in [-0.15, -0.1) is 0 Å². The number of halogens is 7. The number of hydrogen-bond donors (Lipinski definition) is 1. The molecule has 4 rings (SSSR count). The largest absolute Gasteiger partial charge is 0.417 e. The van der Waals surface area contributed by atoms with Gasteiger partial charge in [0.1, 0.15) is 6.61 Å². The van der Waals surface area contributed by atoms with E-state index in [0.717, 1.165) is 18.2 Å². The van der Waals surface area contributed by atoms with Gasteiger partial charge in [0.15, 0.2) is 0 Å². The SMILES string of the molecule is CC.O=C(COC1CCC(Nc2ccc(Cl)c(C(F)(F)F)c2)CC1)N1CCN(c2ccc(C(F)(F)F)cc2)CC1. The summed E-state index contributed by atoms with van der Waals surface area (Å²) in [6, 6.07) is 8.76. The standard InChI is InChI=1S/C26H28ClF6N3O2.C2H6/c27-23-10-5-19(15-22(23)26(31,32)33)34-18-3-8-21(9-4-18)38-16-24(37)36-13-11-35(12-14-36)20-6-1-17(2-7-20)25(28,29)30;1-2/h1-2,5-7,10,15,18,21,34H,3-4,8-9,11-14,16H2;1-2H3. The Morgan fingerprint density at radius 2 is 1.50 bits per heavy atom. The molecule has 2 fully saturated rings. The predicted molar refractivity (Wildman–Crippen MR) is 144 cm³/mol. The summed E-state index contributed by atoms with van der Waals surface area (Å²) in [6.45, 7) is 5.85. The molecule has 0 unspecified atom stereocenters. The average Bonchev–Trinajstić information content (AvgIpc) is 2.94. The maximum Gasteiger partial charge on any atom is 0.417 e. The van der Waals surface area contributed by atoms with Crippen LogP contribution in [0.4, 0.5) is 37.7 Å². The molecule has 5 nitrogen and oxygen atoms in total. The molecule has 1 aliphatic heterocycles. The minimum atomic E-state index is -4.53. The Morgan fingerprint density at radius 1 is 0.900 bits per heavy atom. The smallest absolute Gasteiger partial charge is 0.382 e. The molecular weight excluding hydrogens is 560 g/mol. The lowest BCUT2D eigenvalue weighted by atomic mass is 9.92. The third-order valence-electron chi connectivity index (χ3n) is 6.95. The van der Waals surface area contributed by atoms with E-state index >= 15 is 0 Å². The molecule has 2 aliphatic rings. The number of rotatable bonds is 6. The first-order valence-corrected chi connectivity index (χ1v) is 13.7. The summed E-state index contributed by atoms with van der Waals surface area (Å²) in [5.41, 5.74) is -0.533. The second-order valence-electron chi connectivity index (χ2n) is 9.53. The van der Waals surface area contributed by atoms with Gasteiger partial charge in [-0.25, -0.2) is 0 Å². The molecular formula is C28H34ClF6N3O2. The summed E-state index contributed by atoms with van der Waals surface area (Å²) >= 11 is 5.68. The van der Waals surface area contributed by atoms with Crippen molar-refractivity contribution in [3.8, 4) is 0 Å². The van der Waals surface area contributed by atoms with E-state index in [-0.39, 0.29) is 29.7 Å². The fraction of sp³-hybridized carbons (Fsp3) is 0.536. The van der Waals surface area contributed by atoms with Crippen molar-refractivity contribution in [1.29, 1.82) is 0 Å². The Labute approximate surface area is 235 Å². The van der Waals surface area contributed by atoms with Crippen LogP contribution in [0.3, 0.4) is 0 Å². The van der Waals surface area contributed by atoms with Crippen LogP contribution in [-0.4, -0.2) is 55.7 Å². The first kappa shape index (κ1) is 31.9. The zero-order valence-electron chi connectivity index (χ0n) is 22.4. The van der Waals surface area contributed by atoms with Crippen LogP contribution in [0.2, 0.25) is 5.02 Å². The second-order valence-corrected chi connectivity index (χ2v) is 9.94. The number of ether oxygens (including phenoxy) is 1. The minimum Gasteiger partial charge on any atom is -0.382 e. The Hall–Kier alpha value is -2.66. The highest BCUT2D eigenvalue weighted by atomic mass is 35.5. The van der Waals surface area contributed by atoms with Crippen LogP contribution in [0.25, 0.3) is 0 Å². The van der Waals surface area contributed by atoms with Gasteiger partial charge in [-0.05, 0) is 68.1 Å². The molecule has 2 aromatic carbocycles. The quantitative estimate of drug-likeness (QED) is 0.353. The van der Waals surface area contributed by atoms with Gasteiger partial charge in [-0.2, -0.15) is 26.3 Å². The highest BCUT2D eigenvalue weighted by Gasteiger charge is 2.34. The molecule has 1 heterocycles. The van der Waals surface area contributed by atoms with Crippen LogP contribution in [0.5, 0.6) is 0 Å². The first-order chi connectivity index (χ1) is 18.9. The summed E-state index contributed by atoms with van der Waals surface area (Å²) in [7, 11) is 0. The van der Waals surface area contributed by atoms with Crippen LogP contribution >= 0.6 is 11.6 Å². The number of anilines is 2. The highest BCUT2D eigenvalue weighted by Crippen LogP contribution is 2.37. The molecule has 1 saturated carbocycles. The van der Waals surface area contributed by atoms with E-state index in [0.29, 0.717) is 63.2 Å². The van der Waals surface area contributed by atoms with E-state index < -0.39 is 23.5 Å². The topological polar surface area (TPSA) is 44.8 Å². The zero-order valence-corrected chi connectivity index (χ0v) is 23.2. The van der Waals surface area contributed by atoms with E-state index in [1.807, 2.05) is 18.7 Å². The predicted octanol–water partition coefficient (Wildman–Crippen LogP) is 7.49. The third kappa shape index (κ3) is 8.67. The van der Waals surface area contributed by atoms with Gasteiger partial charge in [-0.3, -0.25) is 4.79 Å². The van der Waals surface area contributed by atoms with E-state index in [2.05, 4.69) is 5.32 Å². The van der Waals surface area contributed by atoms with Crippen molar-refractivity contribution in [2.75, 3.05) is 43.0 Å². The van der Waals surface area contributed by atoms with Gasteiger partial charge in [0.2, 0.25) is 5.91 Å². The zero-order chi connectivity index (χ0) is 29.5. The Morgan fingerprint density at radius 3 is 2.05 bits per heavy atom. The third-order valence-corrected chi connectivity index (χ3v) is 7.28. The number of benzene rings is 2. The number of nitrogens with zero attached hydrogens (tertiary/aromatic N) is 2. The summed E-state index contributed by atoms with van der Waals surface area (Å²) in [5, 5.41) is 2.79. The first-order valence-electron chi connectivity index (χ1n) is 13.3. The summed E-state index contributed by atoms with van der Waals surface area (Å²) in [5.74, 6) is -0.141. The Kier molecular flexibility index (Phi) is 11.0. The monoisotopic (exact) mass is 593 g/mol. The fourth-order valence-electron chi connectivity index (χ4n) is 4.80. The van der Waals surface area contributed by atoms with Crippen molar-refractivity contribution >= 4 is 28.9 Å². The lowest BCUT2D eigenvalue weighted by Gasteiger charge is -2.36. The number of carbonyl (C=O) groups excluding carboxylic acids is 1. The van der Waals surface area contributed by atoms with E-state index in [4.69, 9.17) is 16.3 Å². The molecule has 0 bridgehead atoms. The van der Waals surface area contributed by atoms with Crippen LogP contribution < -0.4 is 10.2 Å². The molecule has 1 aliphatic carbocycles. The second kappa shape index (κ2) is 13.8. The molecule has 0 radical (unpaired) electrons. The van der Waals surface area contributed by atoms with Crippen LogP contribution in [-0.2, 0) is 21.9 Å². The Bertz CT molecular complexity index is 1090. The van der Waals surface area contributed by atoms with Crippen molar-refractivity contribution in [1.82, 2.24) is 4.90 Å². The number of amides is 1. The van der Waals surface area contributed by atoms with E-state index in [1.54, 1.807) is 4.90 Å². The van der Waals surface area contributed by atoms with Crippen LogP contribution in [0.1, 0.15) is 50.7 Å². The van der Waals surface area contributed by atoms with Gasteiger partial charge < -0.3 is 19.9 Å². The molecule has 0 spiro atoms. The van der Waals surface area contributed by atoms with Crippen molar-refractivity contribution in [2.24, 2.45) is 0 Å². The Balaban J connectivity index is 0.00000216. The molecule has 12 heteroatoms. The number of hydrogen-bond acceptors (Lipinski definition) is 4. The van der Waals surface area contributed by atoms with Gasteiger partial charge in [0.05, 0.1) is 22.3 Å². The van der Waals surface area contributed by atoms with Gasteiger partial charge >= 0.3 is 12.4 Å². The van der Waals surface area contributed by atoms with Crippen molar-refractivity contribution in [2.45, 2.75) is 64.0 Å². The molecule has 1 N–H and O–H groups in total. The van der Waals surface area contributed by atoms with E-state index in [1.165, 1.54) is 24.3 Å². The molecule has 1 saturated heterocycles. The molecule has 0 atom stereocenters. The van der Waals surface area contributed by atoms with Crippen molar-refractivity contribution in [3.63, 3.8) is 0 Å². The maximum absolute atomic E-state index is 13.1. The number of carbonyl (C=O) groups is 1. The highest BCUT2D eigenvalue weighted by molar-refractivity contribution is 6.31. The van der Waals surface area contributed by atoms with Crippen LogP contribution in [0, 0.1) is 0 Å². The molecule has 2 aromatic rings. The lowest BCUT2D eigenvalue weighted by molar-refractivity contribution is -0.139. The lowest BCUT2D eigenvalue weighted by Crippen LogP contribution is -2.50. The molecule has 222 valence electrons. The summed E-state index contributed by atoms with van der Waals surface area (Å²) < 4.78 is 83.4.